The predicted octanol–water partition coefficient (Wildman–Crippen LogP) is 1.65. The van der Waals surface area contributed by atoms with E-state index in [9.17, 15) is 0 Å². The lowest BCUT2D eigenvalue weighted by Gasteiger charge is -2.35. The van der Waals surface area contributed by atoms with Crippen molar-refractivity contribution in [2.45, 2.75) is 52.2 Å². The minimum Gasteiger partial charge on any atom is -0.297 e. The molecule has 0 spiro atoms. The Bertz CT molecular complexity index is 559. The molecule has 0 aliphatic carbocycles. The zero-order chi connectivity index (χ0) is 14.7. The maximum absolute atomic E-state index is 4.51. The Hall–Kier alpha value is -1.69. The number of piperidine rings is 1. The van der Waals surface area contributed by atoms with Crippen LogP contribution in [0, 0.1) is 13.8 Å². The van der Waals surface area contributed by atoms with Crippen molar-refractivity contribution in [2.24, 2.45) is 0 Å². The predicted molar refractivity (Wildman–Crippen MR) is 80.9 cm³/mol. The van der Waals surface area contributed by atoms with Gasteiger partial charge >= 0.3 is 0 Å². The number of rotatable bonds is 5. The van der Waals surface area contributed by atoms with Crippen LogP contribution in [-0.2, 0) is 13.1 Å². The lowest BCUT2D eigenvalue weighted by molar-refractivity contribution is 0.123. The number of nitrogens with zero attached hydrogens (tertiary/aromatic N) is 6. The maximum atomic E-state index is 4.51. The summed E-state index contributed by atoms with van der Waals surface area (Å²) in [6.45, 7) is 8.14. The van der Waals surface area contributed by atoms with Crippen LogP contribution < -0.4 is 0 Å². The molecule has 6 nitrogen and oxygen atoms in total. The van der Waals surface area contributed by atoms with Crippen molar-refractivity contribution in [1.29, 1.82) is 0 Å². The van der Waals surface area contributed by atoms with Gasteiger partial charge in [-0.3, -0.25) is 9.58 Å². The van der Waals surface area contributed by atoms with Gasteiger partial charge < -0.3 is 0 Å². The van der Waals surface area contributed by atoms with E-state index in [1.54, 1.807) is 0 Å². The van der Waals surface area contributed by atoms with E-state index in [-0.39, 0.29) is 0 Å². The monoisotopic (exact) mass is 288 g/mol. The molecule has 0 bridgehead atoms. The summed E-state index contributed by atoms with van der Waals surface area (Å²) in [7, 11) is 0. The second-order valence-electron chi connectivity index (χ2n) is 5.84. The van der Waals surface area contributed by atoms with Crippen LogP contribution in [0.3, 0.4) is 0 Å². The van der Waals surface area contributed by atoms with Gasteiger partial charge in [-0.2, -0.15) is 10.2 Å². The fourth-order valence-electron chi connectivity index (χ4n) is 3.16. The second kappa shape index (κ2) is 6.39. The molecule has 1 fully saturated rings. The Morgan fingerprint density at radius 2 is 2.14 bits per heavy atom. The number of aryl methyl sites for hydroxylation is 2. The van der Waals surface area contributed by atoms with Gasteiger partial charge in [0.15, 0.2) is 0 Å². The number of hydrogen-bond acceptors (Lipinski definition) is 4. The van der Waals surface area contributed by atoms with Crippen molar-refractivity contribution < 1.29 is 0 Å². The number of aromatic nitrogens is 5. The summed E-state index contributed by atoms with van der Waals surface area (Å²) >= 11 is 0. The van der Waals surface area contributed by atoms with Gasteiger partial charge in [0.1, 0.15) is 11.6 Å². The number of hydrogen-bond donors (Lipinski definition) is 0. The summed E-state index contributed by atoms with van der Waals surface area (Å²) in [5.74, 6) is 1.89. The first-order valence-electron chi connectivity index (χ1n) is 7.82. The van der Waals surface area contributed by atoms with Crippen molar-refractivity contribution in [1.82, 2.24) is 29.4 Å². The van der Waals surface area contributed by atoms with Gasteiger partial charge in [-0.15, -0.1) is 0 Å². The first-order chi connectivity index (χ1) is 10.2. The van der Waals surface area contributed by atoms with Gasteiger partial charge in [-0.1, -0.05) is 6.42 Å². The lowest BCUT2D eigenvalue weighted by Crippen LogP contribution is -2.44. The van der Waals surface area contributed by atoms with Crippen molar-refractivity contribution >= 4 is 0 Å². The van der Waals surface area contributed by atoms with Crippen LogP contribution in [0.1, 0.15) is 30.9 Å². The zero-order valence-electron chi connectivity index (χ0n) is 12.9. The maximum Gasteiger partial charge on any atom is 0.147 e. The fraction of sp³-hybridized carbons (Fsp3) is 0.667. The molecule has 0 aromatic carbocycles. The zero-order valence-corrected chi connectivity index (χ0v) is 12.9. The third-order valence-corrected chi connectivity index (χ3v) is 4.27. The van der Waals surface area contributed by atoms with Gasteiger partial charge in [0, 0.05) is 25.0 Å². The Balaban J connectivity index is 1.62. The van der Waals surface area contributed by atoms with Crippen molar-refractivity contribution in [3.05, 3.63) is 30.1 Å². The van der Waals surface area contributed by atoms with Gasteiger partial charge in [0.25, 0.3) is 0 Å². The topological polar surface area (TPSA) is 51.8 Å². The molecule has 1 aliphatic heterocycles. The third kappa shape index (κ3) is 3.50. The van der Waals surface area contributed by atoms with Crippen LogP contribution in [0.2, 0.25) is 0 Å². The van der Waals surface area contributed by atoms with Crippen molar-refractivity contribution in [3.63, 3.8) is 0 Å². The molecule has 21 heavy (non-hydrogen) atoms. The fourth-order valence-corrected chi connectivity index (χ4v) is 3.16. The standard InChI is InChI=1S/C15H24N6/c1-13-17-14(2)21(18-13)12-15-6-3-4-8-19(15)10-11-20-9-5-7-16-20/h5,7,9,15H,3-4,6,8,10-12H2,1-2H3. The molecule has 1 saturated heterocycles. The van der Waals surface area contributed by atoms with E-state index in [1.807, 2.05) is 37.0 Å². The molecule has 0 amide bonds. The summed E-state index contributed by atoms with van der Waals surface area (Å²) in [5.41, 5.74) is 0. The Morgan fingerprint density at radius 3 is 2.86 bits per heavy atom. The molecule has 3 rings (SSSR count). The van der Waals surface area contributed by atoms with E-state index in [4.69, 9.17) is 0 Å². The molecule has 0 radical (unpaired) electrons. The Labute approximate surface area is 125 Å². The lowest BCUT2D eigenvalue weighted by atomic mass is 10.0. The van der Waals surface area contributed by atoms with E-state index in [2.05, 4.69) is 24.8 Å². The Kier molecular flexibility index (Phi) is 4.34. The van der Waals surface area contributed by atoms with Crippen LogP contribution in [0.15, 0.2) is 18.5 Å². The summed E-state index contributed by atoms with van der Waals surface area (Å²) in [5, 5.41) is 8.80. The van der Waals surface area contributed by atoms with E-state index < -0.39 is 0 Å². The van der Waals surface area contributed by atoms with E-state index in [0.29, 0.717) is 6.04 Å². The summed E-state index contributed by atoms with van der Waals surface area (Å²) in [6.07, 6.45) is 7.73. The van der Waals surface area contributed by atoms with Crippen LogP contribution in [0.5, 0.6) is 0 Å². The SMILES string of the molecule is Cc1nc(C)n(CC2CCCCN2CCn2cccn2)n1. The highest BCUT2D eigenvalue weighted by Gasteiger charge is 2.23. The van der Waals surface area contributed by atoms with E-state index >= 15 is 0 Å². The molecule has 0 saturated carbocycles. The van der Waals surface area contributed by atoms with Gasteiger partial charge in [0.05, 0.1) is 13.1 Å². The highest BCUT2D eigenvalue weighted by molar-refractivity contribution is 4.89. The minimum absolute atomic E-state index is 0.564. The smallest absolute Gasteiger partial charge is 0.147 e. The van der Waals surface area contributed by atoms with Crippen LogP contribution in [0.25, 0.3) is 0 Å². The molecule has 0 N–H and O–H groups in total. The summed E-state index contributed by atoms with van der Waals surface area (Å²) in [4.78, 5) is 6.99. The first-order valence-corrected chi connectivity index (χ1v) is 7.82. The first kappa shape index (κ1) is 14.3. The van der Waals surface area contributed by atoms with Crippen LogP contribution >= 0.6 is 0 Å². The highest BCUT2D eigenvalue weighted by atomic mass is 15.4. The van der Waals surface area contributed by atoms with E-state index in [0.717, 1.165) is 31.3 Å². The van der Waals surface area contributed by atoms with Crippen molar-refractivity contribution in [2.75, 3.05) is 13.1 Å². The van der Waals surface area contributed by atoms with Gasteiger partial charge in [-0.25, -0.2) is 9.67 Å². The molecule has 1 aliphatic rings. The molecule has 3 heterocycles. The molecular formula is C15H24N6. The quantitative estimate of drug-likeness (QED) is 0.839. The average molecular weight is 288 g/mol. The molecule has 114 valence electrons. The minimum atomic E-state index is 0.564. The summed E-state index contributed by atoms with van der Waals surface area (Å²) < 4.78 is 4.07. The summed E-state index contributed by atoms with van der Waals surface area (Å²) in [6, 6.07) is 2.55. The molecule has 6 heteroatoms. The highest BCUT2D eigenvalue weighted by Crippen LogP contribution is 2.18. The molecule has 1 atom stereocenters. The molecule has 1 unspecified atom stereocenters. The largest absolute Gasteiger partial charge is 0.297 e. The second-order valence-corrected chi connectivity index (χ2v) is 5.84. The third-order valence-electron chi connectivity index (χ3n) is 4.27. The molecule has 2 aromatic heterocycles. The van der Waals surface area contributed by atoms with Crippen molar-refractivity contribution in [3.8, 4) is 0 Å². The van der Waals surface area contributed by atoms with E-state index in [1.165, 1.54) is 25.8 Å². The molecule has 2 aromatic rings. The van der Waals surface area contributed by atoms with Crippen LogP contribution in [-0.4, -0.2) is 48.6 Å². The molecular weight excluding hydrogens is 264 g/mol. The normalized spacial score (nSPS) is 20.0. The Morgan fingerprint density at radius 1 is 1.24 bits per heavy atom. The van der Waals surface area contributed by atoms with Gasteiger partial charge in [-0.05, 0) is 39.3 Å². The van der Waals surface area contributed by atoms with Crippen LogP contribution in [0.4, 0.5) is 0 Å². The average Bonchev–Trinajstić information content (AvgIpc) is 3.08. The number of likely N-dealkylation sites (tertiary alicyclic amines) is 1. The van der Waals surface area contributed by atoms with Gasteiger partial charge in [0.2, 0.25) is 0 Å².